The molecule has 7 heteroatoms. The Balaban J connectivity index is 1.35. The first-order valence-electron chi connectivity index (χ1n) is 11.4. The smallest absolute Gasteiger partial charge is 0.258 e. The van der Waals surface area contributed by atoms with Gasteiger partial charge in [0.15, 0.2) is 0 Å². The molecule has 1 heterocycles. The summed E-state index contributed by atoms with van der Waals surface area (Å²) in [6, 6.07) is 17.5. The lowest BCUT2D eigenvalue weighted by atomic mass is 10.2. The Kier molecular flexibility index (Phi) is 8.63. The maximum atomic E-state index is 12.5. The number of benzene rings is 2. The lowest BCUT2D eigenvalue weighted by Crippen LogP contribution is -2.35. The minimum absolute atomic E-state index is 0.0723. The average Bonchev–Trinajstić information content (AvgIpc) is 2.81. The number of rotatable bonds is 11. The van der Waals surface area contributed by atoms with E-state index in [9.17, 15) is 14.4 Å². The second-order valence-electron chi connectivity index (χ2n) is 8.06. The van der Waals surface area contributed by atoms with Crippen molar-refractivity contribution in [2.24, 2.45) is 0 Å². The summed E-state index contributed by atoms with van der Waals surface area (Å²) in [7, 11) is 0. The van der Waals surface area contributed by atoms with E-state index >= 15 is 0 Å². The summed E-state index contributed by atoms with van der Waals surface area (Å²) < 4.78 is 1.38. The van der Waals surface area contributed by atoms with Gasteiger partial charge in [-0.25, -0.2) is 0 Å². The Morgan fingerprint density at radius 1 is 0.970 bits per heavy atom. The van der Waals surface area contributed by atoms with Crippen LogP contribution in [0.25, 0.3) is 10.8 Å². The first kappa shape index (κ1) is 24.0. The van der Waals surface area contributed by atoms with Crippen molar-refractivity contribution in [3.8, 4) is 0 Å². The van der Waals surface area contributed by atoms with Gasteiger partial charge >= 0.3 is 0 Å². The van der Waals surface area contributed by atoms with Gasteiger partial charge in [0.05, 0.1) is 0 Å². The molecule has 0 atom stereocenters. The van der Waals surface area contributed by atoms with E-state index in [1.165, 1.54) is 15.8 Å². The third-order valence-corrected chi connectivity index (χ3v) is 5.55. The van der Waals surface area contributed by atoms with E-state index in [1.807, 2.05) is 18.2 Å². The highest BCUT2D eigenvalue weighted by atomic mass is 16.2. The summed E-state index contributed by atoms with van der Waals surface area (Å²) in [5.41, 5.74) is 2.22. The van der Waals surface area contributed by atoms with Crippen LogP contribution < -0.4 is 21.1 Å². The Hall–Kier alpha value is -3.61. The molecule has 0 aliphatic rings. The highest BCUT2D eigenvalue weighted by Gasteiger charge is 2.09. The molecule has 0 saturated heterocycles. The van der Waals surface area contributed by atoms with Crippen molar-refractivity contribution in [2.45, 2.75) is 33.2 Å². The maximum absolute atomic E-state index is 12.5. The standard InChI is InChI=1S/C26H32N4O3/c1-3-29(22-10-6-8-20(2)18-22)16-7-14-27-24(31)12-15-28-25(32)19-30-17-13-21-9-4-5-11-23(21)26(30)33/h4-6,8-11,13,17-18H,3,7,12,14-16,19H2,1-2H3,(H,27,31)(H,28,32). The van der Waals surface area contributed by atoms with Crippen molar-refractivity contribution in [3.05, 3.63) is 76.7 Å². The fourth-order valence-electron chi connectivity index (χ4n) is 3.76. The molecule has 2 amide bonds. The Labute approximate surface area is 194 Å². The Morgan fingerprint density at radius 2 is 1.76 bits per heavy atom. The van der Waals surface area contributed by atoms with Gasteiger partial charge < -0.3 is 20.1 Å². The van der Waals surface area contributed by atoms with Crippen LogP contribution >= 0.6 is 0 Å². The second-order valence-corrected chi connectivity index (χ2v) is 8.06. The van der Waals surface area contributed by atoms with Gasteiger partial charge in [0.2, 0.25) is 11.8 Å². The summed E-state index contributed by atoms with van der Waals surface area (Å²) in [4.78, 5) is 39.1. The molecule has 0 fully saturated rings. The molecule has 0 bridgehead atoms. The summed E-state index contributed by atoms with van der Waals surface area (Å²) in [6.45, 7) is 6.71. The number of hydrogen-bond acceptors (Lipinski definition) is 4. The van der Waals surface area contributed by atoms with E-state index in [0.29, 0.717) is 11.9 Å². The van der Waals surface area contributed by atoms with E-state index in [2.05, 4.69) is 53.6 Å². The molecule has 1 aromatic heterocycles. The number of nitrogens with one attached hydrogen (secondary N) is 2. The van der Waals surface area contributed by atoms with Gasteiger partial charge in [-0.15, -0.1) is 0 Å². The normalized spacial score (nSPS) is 10.7. The van der Waals surface area contributed by atoms with Crippen LogP contribution in [0.3, 0.4) is 0 Å². The number of hydrogen-bond donors (Lipinski definition) is 2. The summed E-state index contributed by atoms with van der Waals surface area (Å²) in [6.07, 6.45) is 2.66. The molecule has 3 aromatic rings. The van der Waals surface area contributed by atoms with Crippen molar-refractivity contribution >= 4 is 28.3 Å². The molecule has 3 rings (SSSR count). The Morgan fingerprint density at radius 3 is 2.55 bits per heavy atom. The molecule has 2 aromatic carbocycles. The zero-order chi connectivity index (χ0) is 23.6. The van der Waals surface area contributed by atoms with Crippen LogP contribution in [0, 0.1) is 6.92 Å². The minimum atomic E-state index is -0.295. The predicted octanol–water partition coefficient (Wildman–Crippen LogP) is 2.85. The van der Waals surface area contributed by atoms with Gasteiger partial charge in [0.25, 0.3) is 5.56 Å². The van der Waals surface area contributed by atoms with Crippen molar-refractivity contribution in [1.29, 1.82) is 0 Å². The zero-order valence-corrected chi connectivity index (χ0v) is 19.3. The number of amides is 2. The number of fused-ring (bicyclic) bond motifs is 1. The third kappa shape index (κ3) is 6.94. The highest BCUT2D eigenvalue weighted by Crippen LogP contribution is 2.15. The zero-order valence-electron chi connectivity index (χ0n) is 19.3. The number of carbonyl (C=O) groups is 2. The molecule has 0 aliphatic carbocycles. The third-order valence-electron chi connectivity index (χ3n) is 5.55. The fraction of sp³-hybridized carbons (Fsp3) is 0.346. The number of pyridine rings is 1. The van der Waals surface area contributed by atoms with Crippen LogP contribution in [0.4, 0.5) is 5.69 Å². The van der Waals surface area contributed by atoms with E-state index in [0.717, 1.165) is 24.9 Å². The largest absolute Gasteiger partial charge is 0.372 e. The quantitative estimate of drug-likeness (QED) is 0.442. The van der Waals surface area contributed by atoms with Crippen molar-refractivity contribution in [3.63, 3.8) is 0 Å². The topological polar surface area (TPSA) is 83.4 Å². The van der Waals surface area contributed by atoms with Crippen LogP contribution in [0.1, 0.15) is 25.3 Å². The van der Waals surface area contributed by atoms with Gasteiger partial charge in [0.1, 0.15) is 6.54 Å². The molecular weight excluding hydrogens is 416 g/mol. The van der Waals surface area contributed by atoms with E-state index in [-0.39, 0.29) is 36.9 Å². The SMILES string of the molecule is CCN(CCCNC(=O)CCNC(=O)Cn1ccc2ccccc2c1=O)c1cccc(C)c1. The number of nitrogens with zero attached hydrogens (tertiary/aromatic N) is 2. The number of aromatic nitrogens is 1. The molecular formula is C26H32N4O3. The highest BCUT2D eigenvalue weighted by molar-refractivity contribution is 5.82. The molecule has 0 spiro atoms. The van der Waals surface area contributed by atoms with Crippen molar-refractivity contribution in [2.75, 3.05) is 31.1 Å². The number of aryl methyl sites for hydroxylation is 1. The first-order valence-corrected chi connectivity index (χ1v) is 11.4. The molecule has 7 nitrogen and oxygen atoms in total. The van der Waals surface area contributed by atoms with Gasteiger partial charge in [-0.1, -0.05) is 30.3 Å². The Bertz CT molecular complexity index is 1160. The van der Waals surface area contributed by atoms with Gasteiger partial charge in [-0.3, -0.25) is 14.4 Å². The monoisotopic (exact) mass is 448 g/mol. The summed E-state index contributed by atoms with van der Waals surface area (Å²) in [5, 5.41) is 7.04. The van der Waals surface area contributed by atoms with Crippen LogP contribution in [-0.2, 0) is 16.1 Å². The minimum Gasteiger partial charge on any atom is -0.372 e. The number of anilines is 1. The molecule has 0 radical (unpaired) electrons. The number of carbonyl (C=O) groups excluding carboxylic acids is 2. The first-order chi connectivity index (χ1) is 16.0. The second kappa shape index (κ2) is 11.9. The van der Waals surface area contributed by atoms with Crippen molar-refractivity contribution in [1.82, 2.24) is 15.2 Å². The molecule has 174 valence electrons. The van der Waals surface area contributed by atoms with Gasteiger partial charge in [-0.05, 0) is 55.5 Å². The van der Waals surface area contributed by atoms with E-state index < -0.39 is 0 Å². The van der Waals surface area contributed by atoms with Crippen molar-refractivity contribution < 1.29 is 9.59 Å². The molecule has 0 saturated carbocycles. The van der Waals surface area contributed by atoms with Gasteiger partial charge in [0, 0.05) is 49.9 Å². The van der Waals surface area contributed by atoms with Crippen LogP contribution in [0.5, 0.6) is 0 Å². The summed E-state index contributed by atoms with van der Waals surface area (Å²) in [5.74, 6) is -0.395. The molecule has 0 aliphatic heterocycles. The van der Waals surface area contributed by atoms with Crippen LogP contribution in [-0.4, -0.2) is 42.6 Å². The van der Waals surface area contributed by atoms with Crippen LogP contribution in [0.15, 0.2) is 65.6 Å². The lowest BCUT2D eigenvalue weighted by molar-refractivity contribution is -0.122. The lowest BCUT2D eigenvalue weighted by Gasteiger charge is -2.23. The van der Waals surface area contributed by atoms with Crippen LogP contribution in [0.2, 0.25) is 0 Å². The fourth-order valence-corrected chi connectivity index (χ4v) is 3.76. The summed E-state index contributed by atoms with van der Waals surface area (Å²) >= 11 is 0. The van der Waals surface area contributed by atoms with E-state index in [4.69, 9.17) is 0 Å². The molecule has 33 heavy (non-hydrogen) atoms. The van der Waals surface area contributed by atoms with Gasteiger partial charge in [-0.2, -0.15) is 0 Å². The average molecular weight is 449 g/mol. The molecule has 0 unspecified atom stereocenters. The maximum Gasteiger partial charge on any atom is 0.258 e. The van der Waals surface area contributed by atoms with E-state index in [1.54, 1.807) is 18.3 Å². The predicted molar refractivity (Wildman–Crippen MR) is 133 cm³/mol. The molecule has 2 N–H and O–H groups in total.